The van der Waals surface area contributed by atoms with Gasteiger partial charge in [-0.1, -0.05) is 53.7 Å². The van der Waals surface area contributed by atoms with Crippen LogP contribution in [-0.4, -0.2) is 5.16 Å². The Morgan fingerprint density at radius 2 is 1.71 bits per heavy atom. The summed E-state index contributed by atoms with van der Waals surface area (Å²) in [4.78, 5) is 0. The first-order valence-electron chi connectivity index (χ1n) is 8.72. The highest BCUT2D eigenvalue weighted by atomic mass is 16.5. The number of para-hydroxylation sites is 1. The Bertz CT molecular complexity index is 808. The molecule has 0 saturated heterocycles. The van der Waals surface area contributed by atoms with Crippen molar-refractivity contribution < 1.29 is 4.52 Å². The largest absolute Gasteiger partial charge is 0.379 e. The predicted molar refractivity (Wildman–Crippen MR) is 96.2 cm³/mol. The highest BCUT2D eigenvalue weighted by molar-refractivity contribution is 5.53. The molecule has 0 radical (unpaired) electrons. The molecular weight excluding hydrogens is 296 g/mol. The zero-order chi connectivity index (χ0) is 16.2. The maximum Gasteiger partial charge on any atom is 0.140 e. The van der Waals surface area contributed by atoms with E-state index >= 15 is 0 Å². The van der Waals surface area contributed by atoms with Crippen molar-refractivity contribution >= 4 is 5.69 Å². The molecule has 1 N–H and O–H groups in total. The van der Waals surface area contributed by atoms with Gasteiger partial charge in [-0.2, -0.15) is 0 Å². The molecule has 0 unspecified atom stereocenters. The highest BCUT2D eigenvalue weighted by Crippen LogP contribution is 2.25. The zero-order valence-electron chi connectivity index (χ0n) is 13.8. The van der Waals surface area contributed by atoms with Crippen LogP contribution in [0.15, 0.2) is 59.1 Å². The molecule has 24 heavy (non-hydrogen) atoms. The number of aromatic nitrogens is 1. The van der Waals surface area contributed by atoms with E-state index in [0.29, 0.717) is 0 Å². The molecule has 1 heterocycles. The Hall–Kier alpha value is -2.55. The van der Waals surface area contributed by atoms with E-state index in [9.17, 15) is 0 Å². The molecule has 0 saturated carbocycles. The van der Waals surface area contributed by atoms with E-state index in [1.54, 1.807) is 0 Å². The summed E-state index contributed by atoms with van der Waals surface area (Å²) < 4.78 is 5.51. The van der Waals surface area contributed by atoms with Gasteiger partial charge in [0.05, 0.1) is 6.54 Å². The standard InChI is InChI=1S/C21H22N2O/c1-2-8-16(9-3-1)14-17-10-4-6-12-19(17)22-15-20-18-11-5-7-13-21(18)24-23-20/h1-4,6,8-10,12,22H,5,7,11,13-15H2. The van der Waals surface area contributed by atoms with Crippen LogP contribution in [0.5, 0.6) is 0 Å². The van der Waals surface area contributed by atoms with Crippen molar-refractivity contribution in [3.63, 3.8) is 0 Å². The van der Waals surface area contributed by atoms with Crippen molar-refractivity contribution in [2.24, 2.45) is 0 Å². The number of fused-ring (bicyclic) bond motifs is 1. The minimum atomic E-state index is 0.727. The van der Waals surface area contributed by atoms with Crippen molar-refractivity contribution in [2.75, 3.05) is 5.32 Å². The Morgan fingerprint density at radius 1 is 0.917 bits per heavy atom. The fraction of sp³-hybridized carbons (Fsp3) is 0.286. The summed E-state index contributed by atoms with van der Waals surface area (Å²) in [6.07, 6.45) is 5.52. The molecule has 2 aromatic carbocycles. The van der Waals surface area contributed by atoms with Crippen molar-refractivity contribution in [3.8, 4) is 0 Å². The van der Waals surface area contributed by atoms with Crippen LogP contribution in [0.2, 0.25) is 0 Å². The van der Waals surface area contributed by atoms with Gasteiger partial charge in [0.15, 0.2) is 0 Å². The Labute approximate surface area is 142 Å². The third kappa shape index (κ3) is 3.21. The lowest BCUT2D eigenvalue weighted by Crippen LogP contribution is -2.07. The number of hydrogen-bond acceptors (Lipinski definition) is 3. The number of rotatable bonds is 5. The van der Waals surface area contributed by atoms with Gasteiger partial charge in [0.25, 0.3) is 0 Å². The second-order valence-electron chi connectivity index (χ2n) is 6.41. The first-order valence-corrected chi connectivity index (χ1v) is 8.72. The predicted octanol–water partition coefficient (Wildman–Crippen LogP) is 4.76. The minimum absolute atomic E-state index is 0.727. The van der Waals surface area contributed by atoms with Crippen molar-refractivity contribution in [2.45, 2.75) is 38.6 Å². The van der Waals surface area contributed by atoms with Crippen LogP contribution in [0.1, 0.15) is 41.0 Å². The average Bonchev–Trinajstić information content (AvgIpc) is 3.05. The normalized spacial score (nSPS) is 13.5. The zero-order valence-corrected chi connectivity index (χ0v) is 13.8. The van der Waals surface area contributed by atoms with Gasteiger partial charge in [-0.25, -0.2) is 0 Å². The second kappa shape index (κ2) is 6.91. The fourth-order valence-corrected chi connectivity index (χ4v) is 3.43. The molecule has 0 atom stereocenters. The third-order valence-electron chi connectivity index (χ3n) is 4.73. The highest BCUT2D eigenvalue weighted by Gasteiger charge is 2.19. The van der Waals surface area contributed by atoms with E-state index in [0.717, 1.165) is 37.3 Å². The monoisotopic (exact) mass is 318 g/mol. The van der Waals surface area contributed by atoms with E-state index in [1.165, 1.54) is 35.2 Å². The Kier molecular flexibility index (Phi) is 4.32. The molecular formula is C21H22N2O. The minimum Gasteiger partial charge on any atom is -0.379 e. The number of hydrogen-bond donors (Lipinski definition) is 1. The SMILES string of the molecule is c1ccc(Cc2ccccc2NCc2noc3c2CCCC3)cc1. The van der Waals surface area contributed by atoms with E-state index in [4.69, 9.17) is 4.52 Å². The van der Waals surface area contributed by atoms with Crippen LogP contribution in [0.3, 0.4) is 0 Å². The molecule has 3 nitrogen and oxygen atoms in total. The average molecular weight is 318 g/mol. The van der Waals surface area contributed by atoms with E-state index in [2.05, 4.69) is 65.1 Å². The Balaban J connectivity index is 1.50. The van der Waals surface area contributed by atoms with Gasteiger partial charge in [-0.3, -0.25) is 0 Å². The molecule has 0 amide bonds. The lowest BCUT2D eigenvalue weighted by Gasteiger charge is -2.13. The van der Waals surface area contributed by atoms with Crippen LogP contribution >= 0.6 is 0 Å². The van der Waals surface area contributed by atoms with Crippen LogP contribution in [-0.2, 0) is 25.8 Å². The van der Waals surface area contributed by atoms with E-state index in [1.807, 2.05) is 0 Å². The third-order valence-corrected chi connectivity index (χ3v) is 4.73. The summed E-state index contributed by atoms with van der Waals surface area (Å²) in [6, 6.07) is 19.1. The van der Waals surface area contributed by atoms with Gasteiger partial charge in [-0.05, 0) is 42.9 Å². The molecule has 0 bridgehead atoms. The fourth-order valence-electron chi connectivity index (χ4n) is 3.43. The van der Waals surface area contributed by atoms with Crippen molar-refractivity contribution in [3.05, 3.63) is 82.7 Å². The summed E-state index contributed by atoms with van der Waals surface area (Å²) in [5.41, 5.74) is 6.20. The summed E-state index contributed by atoms with van der Waals surface area (Å²) >= 11 is 0. The smallest absolute Gasteiger partial charge is 0.140 e. The number of anilines is 1. The molecule has 3 heteroatoms. The van der Waals surface area contributed by atoms with Gasteiger partial charge in [0.2, 0.25) is 0 Å². The van der Waals surface area contributed by atoms with Crippen LogP contribution in [0.4, 0.5) is 5.69 Å². The van der Waals surface area contributed by atoms with Gasteiger partial charge < -0.3 is 9.84 Å². The number of aryl methyl sites for hydroxylation is 1. The van der Waals surface area contributed by atoms with Gasteiger partial charge in [0.1, 0.15) is 11.5 Å². The maximum absolute atomic E-state index is 5.51. The molecule has 122 valence electrons. The van der Waals surface area contributed by atoms with E-state index < -0.39 is 0 Å². The first kappa shape index (κ1) is 15.0. The lowest BCUT2D eigenvalue weighted by molar-refractivity contribution is 0.368. The maximum atomic E-state index is 5.51. The summed E-state index contributed by atoms with van der Waals surface area (Å²) in [5, 5.41) is 7.85. The van der Waals surface area contributed by atoms with Gasteiger partial charge in [-0.15, -0.1) is 0 Å². The Morgan fingerprint density at radius 3 is 2.62 bits per heavy atom. The second-order valence-corrected chi connectivity index (χ2v) is 6.41. The lowest BCUT2D eigenvalue weighted by atomic mass is 9.96. The van der Waals surface area contributed by atoms with Gasteiger partial charge in [0, 0.05) is 17.7 Å². The van der Waals surface area contributed by atoms with Gasteiger partial charge >= 0.3 is 0 Å². The molecule has 0 spiro atoms. The molecule has 1 aliphatic carbocycles. The summed E-state index contributed by atoms with van der Waals surface area (Å²) in [6.45, 7) is 0.727. The molecule has 1 aromatic heterocycles. The van der Waals surface area contributed by atoms with Crippen LogP contribution < -0.4 is 5.32 Å². The quantitative estimate of drug-likeness (QED) is 0.737. The van der Waals surface area contributed by atoms with Crippen molar-refractivity contribution in [1.82, 2.24) is 5.16 Å². The number of nitrogens with one attached hydrogen (secondary N) is 1. The molecule has 0 aliphatic heterocycles. The van der Waals surface area contributed by atoms with Crippen molar-refractivity contribution in [1.29, 1.82) is 0 Å². The number of benzene rings is 2. The molecule has 1 aliphatic rings. The topological polar surface area (TPSA) is 38.1 Å². The first-order chi connectivity index (χ1) is 11.9. The molecule has 0 fully saturated rings. The van der Waals surface area contributed by atoms with Crippen LogP contribution in [0, 0.1) is 0 Å². The van der Waals surface area contributed by atoms with E-state index in [-0.39, 0.29) is 0 Å². The summed E-state index contributed by atoms with van der Waals surface area (Å²) in [5.74, 6) is 1.09. The van der Waals surface area contributed by atoms with Crippen LogP contribution in [0.25, 0.3) is 0 Å². The number of nitrogens with zero attached hydrogens (tertiary/aromatic N) is 1. The summed E-state index contributed by atoms with van der Waals surface area (Å²) in [7, 11) is 0. The molecule has 4 rings (SSSR count). The molecule has 3 aromatic rings.